The SMILES string of the molecule is O=C(/C=C/c1ccc([N+](=O)[O-])s1)Nc1ccnc(Cl)c1. The van der Waals surface area contributed by atoms with E-state index in [1.807, 2.05) is 0 Å². The van der Waals surface area contributed by atoms with Crippen molar-refractivity contribution in [3.63, 3.8) is 0 Å². The summed E-state index contributed by atoms with van der Waals surface area (Å²) in [4.78, 5) is 26.1. The van der Waals surface area contributed by atoms with Gasteiger partial charge in [0, 0.05) is 28.9 Å². The highest BCUT2D eigenvalue weighted by Crippen LogP contribution is 2.24. The van der Waals surface area contributed by atoms with Gasteiger partial charge in [0.1, 0.15) is 5.15 Å². The average Bonchev–Trinajstić information content (AvgIpc) is 2.85. The molecule has 102 valence electrons. The van der Waals surface area contributed by atoms with Crippen molar-refractivity contribution in [3.05, 3.63) is 56.7 Å². The smallest absolute Gasteiger partial charge is 0.322 e. The van der Waals surface area contributed by atoms with E-state index >= 15 is 0 Å². The van der Waals surface area contributed by atoms with Crippen LogP contribution in [0.15, 0.2) is 36.5 Å². The molecule has 0 aromatic carbocycles. The average molecular weight is 310 g/mol. The second-order valence-corrected chi connectivity index (χ2v) is 5.10. The van der Waals surface area contributed by atoms with Gasteiger partial charge in [-0.1, -0.05) is 22.9 Å². The Labute approximate surface area is 122 Å². The number of nitrogens with zero attached hydrogens (tertiary/aromatic N) is 2. The van der Waals surface area contributed by atoms with E-state index in [9.17, 15) is 14.9 Å². The Hall–Kier alpha value is -2.25. The van der Waals surface area contributed by atoms with Crippen LogP contribution >= 0.6 is 22.9 Å². The van der Waals surface area contributed by atoms with E-state index in [2.05, 4.69) is 10.3 Å². The third-order valence-corrected chi connectivity index (χ3v) is 3.39. The van der Waals surface area contributed by atoms with E-state index in [-0.39, 0.29) is 16.1 Å². The summed E-state index contributed by atoms with van der Waals surface area (Å²) >= 11 is 6.69. The van der Waals surface area contributed by atoms with Gasteiger partial charge in [-0.2, -0.15) is 0 Å². The minimum absolute atomic E-state index is 0.0333. The zero-order valence-corrected chi connectivity index (χ0v) is 11.5. The highest BCUT2D eigenvalue weighted by Gasteiger charge is 2.08. The molecule has 0 radical (unpaired) electrons. The molecule has 0 atom stereocenters. The quantitative estimate of drug-likeness (QED) is 0.406. The molecule has 0 saturated heterocycles. The molecule has 0 aliphatic heterocycles. The first-order valence-electron chi connectivity index (χ1n) is 5.39. The summed E-state index contributed by atoms with van der Waals surface area (Å²) in [5.41, 5.74) is 0.525. The maximum atomic E-state index is 11.6. The molecule has 6 nitrogen and oxygen atoms in total. The monoisotopic (exact) mass is 309 g/mol. The first-order chi connectivity index (χ1) is 9.54. The Morgan fingerprint density at radius 2 is 2.25 bits per heavy atom. The lowest BCUT2D eigenvalue weighted by atomic mass is 10.3. The largest absolute Gasteiger partial charge is 0.324 e. The van der Waals surface area contributed by atoms with Gasteiger partial charge in [0.15, 0.2) is 0 Å². The van der Waals surface area contributed by atoms with Crippen molar-refractivity contribution >= 4 is 45.6 Å². The van der Waals surface area contributed by atoms with E-state index in [0.29, 0.717) is 10.6 Å². The van der Waals surface area contributed by atoms with Crippen LogP contribution in [-0.2, 0) is 4.79 Å². The molecule has 0 aliphatic carbocycles. The van der Waals surface area contributed by atoms with Crippen LogP contribution in [0.3, 0.4) is 0 Å². The minimum atomic E-state index is -0.471. The molecule has 2 aromatic heterocycles. The molecule has 2 aromatic rings. The predicted octanol–water partition coefficient (Wildman–Crippen LogP) is 3.36. The first kappa shape index (κ1) is 14.2. The molecule has 1 N–H and O–H groups in total. The molecule has 0 unspecified atom stereocenters. The van der Waals surface area contributed by atoms with Gasteiger partial charge in [-0.15, -0.1) is 0 Å². The minimum Gasteiger partial charge on any atom is -0.322 e. The van der Waals surface area contributed by atoms with Crippen molar-refractivity contribution in [2.75, 3.05) is 5.32 Å². The molecule has 0 spiro atoms. The van der Waals surface area contributed by atoms with E-state index in [0.717, 1.165) is 11.3 Å². The van der Waals surface area contributed by atoms with Crippen molar-refractivity contribution in [3.8, 4) is 0 Å². The van der Waals surface area contributed by atoms with Crippen molar-refractivity contribution in [2.45, 2.75) is 0 Å². The van der Waals surface area contributed by atoms with Gasteiger partial charge >= 0.3 is 5.00 Å². The lowest BCUT2D eigenvalue weighted by Gasteiger charge is -2.00. The van der Waals surface area contributed by atoms with Gasteiger partial charge in [-0.25, -0.2) is 4.98 Å². The number of pyridine rings is 1. The summed E-state index contributed by atoms with van der Waals surface area (Å²) in [5.74, 6) is -0.358. The number of aromatic nitrogens is 1. The van der Waals surface area contributed by atoms with E-state index in [4.69, 9.17) is 11.6 Å². The summed E-state index contributed by atoms with van der Waals surface area (Å²) in [5, 5.41) is 13.4. The lowest BCUT2D eigenvalue weighted by molar-refractivity contribution is -0.380. The molecule has 0 aliphatic rings. The number of halogens is 1. The van der Waals surface area contributed by atoms with Gasteiger partial charge in [-0.05, 0) is 24.3 Å². The maximum Gasteiger partial charge on any atom is 0.324 e. The molecular weight excluding hydrogens is 302 g/mol. The maximum absolute atomic E-state index is 11.6. The van der Waals surface area contributed by atoms with Gasteiger partial charge in [0.25, 0.3) is 0 Å². The van der Waals surface area contributed by atoms with Crippen molar-refractivity contribution < 1.29 is 9.72 Å². The Morgan fingerprint density at radius 1 is 1.45 bits per heavy atom. The number of nitro groups is 1. The molecule has 0 saturated carbocycles. The Bertz CT molecular complexity index is 684. The molecule has 0 bridgehead atoms. The zero-order valence-electron chi connectivity index (χ0n) is 9.95. The Balaban J connectivity index is 2.00. The second-order valence-electron chi connectivity index (χ2n) is 3.62. The molecular formula is C12H8ClN3O3S. The fourth-order valence-corrected chi connectivity index (χ4v) is 2.25. The normalized spacial score (nSPS) is 10.7. The molecule has 8 heteroatoms. The number of thiophene rings is 1. The number of nitrogens with one attached hydrogen (secondary N) is 1. The van der Waals surface area contributed by atoms with Gasteiger partial charge < -0.3 is 5.32 Å². The summed E-state index contributed by atoms with van der Waals surface area (Å²) in [6.45, 7) is 0. The summed E-state index contributed by atoms with van der Waals surface area (Å²) in [6, 6.07) is 6.09. The van der Waals surface area contributed by atoms with Crippen LogP contribution in [0.1, 0.15) is 4.88 Å². The Morgan fingerprint density at radius 3 is 2.90 bits per heavy atom. The number of hydrogen-bond acceptors (Lipinski definition) is 5. The van der Waals surface area contributed by atoms with E-state index in [1.165, 1.54) is 30.5 Å². The van der Waals surface area contributed by atoms with Gasteiger partial charge in [-0.3, -0.25) is 14.9 Å². The van der Waals surface area contributed by atoms with Crippen LogP contribution in [0, 0.1) is 10.1 Å². The second kappa shape index (κ2) is 6.27. The summed E-state index contributed by atoms with van der Waals surface area (Å²) < 4.78 is 0. The van der Waals surface area contributed by atoms with Crippen LogP contribution in [0.5, 0.6) is 0 Å². The van der Waals surface area contributed by atoms with Crippen molar-refractivity contribution in [1.82, 2.24) is 4.98 Å². The fraction of sp³-hybridized carbons (Fsp3) is 0. The molecule has 1 amide bonds. The van der Waals surface area contributed by atoms with Crippen LogP contribution < -0.4 is 5.32 Å². The standard InChI is InChI=1S/C12H8ClN3O3S/c13-10-7-8(5-6-14-10)15-11(17)3-1-9-2-4-12(20-9)16(18)19/h1-7H,(H,14,15,17)/b3-1+. The van der Waals surface area contributed by atoms with Crippen LogP contribution in [0.4, 0.5) is 10.7 Å². The zero-order chi connectivity index (χ0) is 14.5. The van der Waals surface area contributed by atoms with Crippen molar-refractivity contribution in [1.29, 1.82) is 0 Å². The third-order valence-electron chi connectivity index (χ3n) is 2.19. The molecule has 20 heavy (non-hydrogen) atoms. The van der Waals surface area contributed by atoms with Gasteiger partial charge in [0.05, 0.1) is 4.92 Å². The number of carbonyl (C=O) groups is 1. The van der Waals surface area contributed by atoms with Crippen LogP contribution in [0.2, 0.25) is 5.15 Å². The number of carbonyl (C=O) groups excluding carboxylic acids is 1. The van der Waals surface area contributed by atoms with Crippen molar-refractivity contribution in [2.24, 2.45) is 0 Å². The van der Waals surface area contributed by atoms with E-state index in [1.54, 1.807) is 12.1 Å². The Kier molecular flexibility index (Phi) is 4.44. The summed E-state index contributed by atoms with van der Waals surface area (Å²) in [7, 11) is 0. The molecule has 0 fully saturated rings. The number of hydrogen-bond donors (Lipinski definition) is 1. The van der Waals surface area contributed by atoms with Gasteiger partial charge in [0.2, 0.25) is 5.91 Å². The molecule has 2 rings (SSSR count). The number of rotatable bonds is 4. The molecule has 2 heterocycles. The highest BCUT2D eigenvalue weighted by molar-refractivity contribution is 7.16. The number of anilines is 1. The lowest BCUT2D eigenvalue weighted by Crippen LogP contribution is -2.07. The van der Waals surface area contributed by atoms with Crippen LogP contribution in [-0.4, -0.2) is 15.8 Å². The van der Waals surface area contributed by atoms with E-state index < -0.39 is 4.92 Å². The topological polar surface area (TPSA) is 85.1 Å². The third kappa shape index (κ3) is 3.87. The first-order valence-corrected chi connectivity index (χ1v) is 6.59. The fourth-order valence-electron chi connectivity index (χ4n) is 1.35. The summed E-state index contributed by atoms with van der Waals surface area (Å²) in [6.07, 6.45) is 4.28. The predicted molar refractivity (Wildman–Crippen MR) is 77.9 cm³/mol. The van der Waals surface area contributed by atoms with Crippen LogP contribution in [0.25, 0.3) is 6.08 Å². The highest BCUT2D eigenvalue weighted by atomic mass is 35.5. The number of amides is 1.